The molecule has 0 aromatic heterocycles. The average Bonchev–Trinajstić information content (AvgIpc) is 2.46. The van der Waals surface area contributed by atoms with Crippen molar-refractivity contribution < 1.29 is 4.79 Å². The molecule has 3 heteroatoms. The molecule has 0 spiro atoms. The van der Waals surface area contributed by atoms with Crippen molar-refractivity contribution >= 4 is 25.3 Å². The topological polar surface area (TPSA) is 20.3 Å². The van der Waals surface area contributed by atoms with Crippen LogP contribution in [-0.2, 0) is 4.79 Å². The molecule has 1 aliphatic heterocycles. The van der Waals surface area contributed by atoms with Crippen molar-refractivity contribution in [3.05, 3.63) is 40.9 Å². The van der Waals surface area contributed by atoms with E-state index in [0.29, 0.717) is 0 Å². The molecular formula is C16H21NOSe. The van der Waals surface area contributed by atoms with Gasteiger partial charge in [-0.15, -0.1) is 0 Å². The summed E-state index contributed by atoms with van der Waals surface area (Å²) in [6.07, 6.45) is 4.34. The van der Waals surface area contributed by atoms with Gasteiger partial charge < -0.3 is 0 Å². The maximum atomic E-state index is 12.3. The van der Waals surface area contributed by atoms with E-state index in [1.54, 1.807) is 0 Å². The molecule has 1 saturated heterocycles. The normalized spacial score (nSPS) is 18.1. The van der Waals surface area contributed by atoms with Gasteiger partial charge in [0.2, 0.25) is 0 Å². The molecule has 2 nitrogen and oxygen atoms in total. The van der Waals surface area contributed by atoms with Gasteiger partial charge in [-0.2, -0.15) is 0 Å². The molecule has 1 heterocycles. The number of benzene rings is 1. The molecule has 1 aromatic rings. The first-order chi connectivity index (χ1) is 9.31. The second-order valence-corrected chi connectivity index (χ2v) is 6.80. The van der Waals surface area contributed by atoms with E-state index in [-0.39, 0.29) is 20.9 Å². The van der Waals surface area contributed by atoms with Crippen molar-refractivity contribution in [3.63, 3.8) is 0 Å². The Kier molecular flexibility index (Phi) is 5.68. The molecule has 1 aliphatic rings. The summed E-state index contributed by atoms with van der Waals surface area (Å²) in [7, 11) is 0. The van der Waals surface area contributed by atoms with Crippen molar-refractivity contribution in [3.8, 4) is 0 Å². The predicted molar refractivity (Wildman–Crippen MR) is 80.6 cm³/mol. The van der Waals surface area contributed by atoms with E-state index < -0.39 is 0 Å². The van der Waals surface area contributed by atoms with Crippen LogP contribution in [0.3, 0.4) is 0 Å². The third kappa shape index (κ3) is 4.22. The van der Waals surface area contributed by atoms with E-state index in [1.165, 1.54) is 4.46 Å². The number of piperidine rings is 1. The van der Waals surface area contributed by atoms with Gasteiger partial charge in [0.05, 0.1) is 0 Å². The van der Waals surface area contributed by atoms with Crippen molar-refractivity contribution in [2.45, 2.75) is 32.6 Å². The number of nitrogens with zero attached hydrogens (tertiary/aromatic N) is 1. The first kappa shape index (κ1) is 14.4. The fourth-order valence-electron chi connectivity index (χ4n) is 2.18. The summed E-state index contributed by atoms with van der Waals surface area (Å²) < 4.78 is 1.33. The zero-order valence-electron chi connectivity index (χ0n) is 11.5. The number of unbranched alkanes of at least 4 members (excludes halogenated alkanes) is 1. The number of amides is 1. The first-order valence-corrected chi connectivity index (χ1v) is 8.86. The summed E-state index contributed by atoms with van der Waals surface area (Å²) in [5, 5.41) is 0. The van der Waals surface area contributed by atoms with Crippen LogP contribution in [0.5, 0.6) is 0 Å². The summed E-state index contributed by atoms with van der Waals surface area (Å²) in [6, 6.07) is 10.4. The molecule has 0 bridgehead atoms. The second-order valence-electron chi connectivity index (χ2n) is 4.82. The predicted octanol–water partition coefficient (Wildman–Crippen LogP) is 2.32. The molecule has 102 valence electrons. The van der Waals surface area contributed by atoms with Crippen LogP contribution >= 0.6 is 0 Å². The van der Waals surface area contributed by atoms with E-state index in [4.69, 9.17) is 0 Å². The Labute approximate surface area is 122 Å². The van der Waals surface area contributed by atoms with Crippen molar-refractivity contribution in [1.82, 2.24) is 4.90 Å². The molecular weight excluding hydrogens is 301 g/mol. The first-order valence-electron chi connectivity index (χ1n) is 7.01. The number of likely N-dealkylation sites (tertiary alicyclic amines) is 1. The van der Waals surface area contributed by atoms with Crippen LogP contribution in [0.1, 0.15) is 32.6 Å². The third-order valence-electron chi connectivity index (χ3n) is 3.30. The molecule has 0 unspecified atom stereocenters. The van der Waals surface area contributed by atoms with Gasteiger partial charge in [0.15, 0.2) is 0 Å². The molecule has 0 saturated carbocycles. The number of hydrogen-bond acceptors (Lipinski definition) is 1. The van der Waals surface area contributed by atoms with Crippen LogP contribution in [-0.4, -0.2) is 38.9 Å². The molecule has 0 atom stereocenters. The van der Waals surface area contributed by atoms with Crippen LogP contribution in [0, 0.1) is 0 Å². The molecule has 0 N–H and O–H groups in total. The SMILES string of the molecule is CCCCN1CCC/C(=C\[Se]c2ccccc2)C1=O. The van der Waals surface area contributed by atoms with E-state index in [1.807, 2.05) is 11.0 Å². The van der Waals surface area contributed by atoms with Crippen LogP contribution in [0.25, 0.3) is 0 Å². The number of carbonyl (C=O) groups excluding carboxylic acids is 1. The molecule has 0 aliphatic carbocycles. The second kappa shape index (κ2) is 7.52. The number of rotatable bonds is 5. The summed E-state index contributed by atoms with van der Waals surface area (Å²) in [6.45, 7) is 4.03. The van der Waals surface area contributed by atoms with Gasteiger partial charge in [0, 0.05) is 0 Å². The van der Waals surface area contributed by atoms with Gasteiger partial charge in [-0.1, -0.05) is 0 Å². The van der Waals surface area contributed by atoms with Crippen LogP contribution in [0.15, 0.2) is 40.9 Å². The minimum atomic E-state index is 0.275. The van der Waals surface area contributed by atoms with Crippen molar-refractivity contribution in [1.29, 1.82) is 0 Å². The Morgan fingerprint density at radius 2 is 2.11 bits per heavy atom. The zero-order chi connectivity index (χ0) is 13.5. The average molecular weight is 322 g/mol. The summed E-state index contributed by atoms with van der Waals surface area (Å²) in [4.78, 5) is 16.5. The van der Waals surface area contributed by atoms with Crippen LogP contribution < -0.4 is 4.46 Å². The van der Waals surface area contributed by atoms with Gasteiger partial charge in [-0.3, -0.25) is 0 Å². The Hall–Kier alpha value is -1.05. The minimum absolute atomic E-state index is 0.275. The third-order valence-corrected chi connectivity index (χ3v) is 5.28. The summed E-state index contributed by atoms with van der Waals surface area (Å²) >= 11 is 0.278. The Balaban J connectivity index is 1.97. The van der Waals surface area contributed by atoms with Gasteiger partial charge in [0.1, 0.15) is 0 Å². The van der Waals surface area contributed by atoms with Gasteiger partial charge in [-0.25, -0.2) is 0 Å². The Morgan fingerprint density at radius 1 is 1.32 bits per heavy atom. The number of hydrogen-bond donors (Lipinski definition) is 0. The Morgan fingerprint density at radius 3 is 2.84 bits per heavy atom. The fourth-order valence-corrected chi connectivity index (χ4v) is 3.88. The summed E-state index contributed by atoms with van der Waals surface area (Å²) in [5.74, 6) is 0.275. The van der Waals surface area contributed by atoms with E-state index in [0.717, 1.165) is 44.3 Å². The van der Waals surface area contributed by atoms with Gasteiger partial charge in [0.25, 0.3) is 0 Å². The van der Waals surface area contributed by atoms with Crippen molar-refractivity contribution in [2.75, 3.05) is 13.1 Å². The number of carbonyl (C=O) groups is 1. The quantitative estimate of drug-likeness (QED) is 0.602. The van der Waals surface area contributed by atoms with Gasteiger partial charge in [-0.05, 0) is 0 Å². The summed E-state index contributed by atoms with van der Waals surface area (Å²) in [5.41, 5.74) is 1.03. The molecule has 1 fully saturated rings. The fraction of sp³-hybridized carbons (Fsp3) is 0.438. The molecule has 1 aromatic carbocycles. The monoisotopic (exact) mass is 323 g/mol. The van der Waals surface area contributed by atoms with E-state index in [2.05, 4.69) is 36.2 Å². The van der Waals surface area contributed by atoms with Crippen LogP contribution in [0.2, 0.25) is 0 Å². The molecule has 19 heavy (non-hydrogen) atoms. The molecule has 0 radical (unpaired) electrons. The zero-order valence-corrected chi connectivity index (χ0v) is 13.2. The van der Waals surface area contributed by atoms with E-state index in [9.17, 15) is 4.79 Å². The molecule has 2 rings (SSSR count). The maximum absolute atomic E-state index is 12.3. The van der Waals surface area contributed by atoms with Gasteiger partial charge >= 0.3 is 122 Å². The van der Waals surface area contributed by atoms with Crippen molar-refractivity contribution in [2.24, 2.45) is 0 Å². The molecule has 1 amide bonds. The standard InChI is InChI=1S/C16H21NOSe/c1-2-3-11-17-12-7-8-14(16(17)18)13-19-15-9-5-4-6-10-15/h4-6,9-10,13H,2-3,7-8,11-12H2,1H3/b14-13+. The van der Waals surface area contributed by atoms with E-state index >= 15 is 0 Å². The Bertz CT molecular complexity index is 441. The van der Waals surface area contributed by atoms with Crippen LogP contribution in [0.4, 0.5) is 0 Å².